The molecule has 1 amide bonds. The summed E-state index contributed by atoms with van der Waals surface area (Å²) in [5.74, 6) is -1.82. The summed E-state index contributed by atoms with van der Waals surface area (Å²) in [6.07, 6.45) is 3.02. The van der Waals surface area contributed by atoms with E-state index in [1.807, 2.05) is 69.2 Å². The zero-order chi connectivity index (χ0) is 33.8. The number of nitrogens with two attached hydrogens (primary N) is 1. The molecule has 0 saturated heterocycles. The number of carboxylic acids is 1. The van der Waals surface area contributed by atoms with E-state index in [0.29, 0.717) is 18.4 Å². The van der Waals surface area contributed by atoms with Crippen molar-refractivity contribution in [2.24, 2.45) is 27.4 Å². The molecule has 0 radical (unpaired) electrons. The van der Waals surface area contributed by atoms with Crippen molar-refractivity contribution in [3.8, 4) is 0 Å². The van der Waals surface area contributed by atoms with Crippen molar-refractivity contribution in [3.63, 3.8) is 0 Å². The number of carbonyl (C=O) groups is 5. The lowest BCUT2D eigenvalue weighted by molar-refractivity contribution is -0.158. The Bertz CT molecular complexity index is 815. The third kappa shape index (κ3) is 21.5. The first kappa shape index (κ1) is 45.1. The molecule has 0 saturated carbocycles. The van der Waals surface area contributed by atoms with E-state index in [9.17, 15) is 24.0 Å². The van der Waals surface area contributed by atoms with E-state index >= 15 is 0 Å². The van der Waals surface area contributed by atoms with Crippen molar-refractivity contribution < 1.29 is 43.3 Å². The van der Waals surface area contributed by atoms with Crippen LogP contribution in [0.25, 0.3) is 0 Å². The molecule has 242 valence electrons. The maximum Gasteiger partial charge on any atom is 0.333 e. The Labute approximate surface area is 248 Å². The van der Waals surface area contributed by atoms with Crippen molar-refractivity contribution in [3.05, 3.63) is 12.2 Å². The number of ether oxygens (including phenoxy) is 3. The van der Waals surface area contributed by atoms with Gasteiger partial charge >= 0.3 is 23.9 Å². The van der Waals surface area contributed by atoms with Crippen LogP contribution in [-0.2, 0) is 38.2 Å². The van der Waals surface area contributed by atoms with Crippen LogP contribution in [0.3, 0.4) is 0 Å². The van der Waals surface area contributed by atoms with Gasteiger partial charge in [0.1, 0.15) is 13.2 Å². The molecule has 0 aromatic heterocycles. The van der Waals surface area contributed by atoms with Crippen molar-refractivity contribution in [1.82, 2.24) is 0 Å². The summed E-state index contributed by atoms with van der Waals surface area (Å²) < 4.78 is 14.3. The normalized spacial score (nSPS) is 11.1. The van der Waals surface area contributed by atoms with Gasteiger partial charge in [0, 0.05) is 11.0 Å². The number of carboxylic acid groups (broad SMARTS) is 1. The minimum atomic E-state index is -0.722. The summed E-state index contributed by atoms with van der Waals surface area (Å²) in [6, 6.07) is 0. The molecule has 3 N–H and O–H groups in total. The van der Waals surface area contributed by atoms with Gasteiger partial charge < -0.3 is 25.1 Å². The highest BCUT2D eigenvalue weighted by molar-refractivity contribution is 5.87. The van der Waals surface area contributed by atoms with Gasteiger partial charge in [0.25, 0.3) is 0 Å². The molecule has 0 spiro atoms. The zero-order valence-corrected chi connectivity index (χ0v) is 28.2. The number of primary amides is 1. The first-order valence-corrected chi connectivity index (χ1v) is 14.0. The summed E-state index contributed by atoms with van der Waals surface area (Å²) in [7, 11) is 1.42. The van der Waals surface area contributed by atoms with Crippen LogP contribution in [0.4, 0.5) is 0 Å². The fraction of sp³-hybridized carbons (Fsp3) is 0.774. The highest BCUT2D eigenvalue weighted by Crippen LogP contribution is 2.22. The van der Waals surface area contributed by atoms with Crippen LogP contribution in [0.1, 0.15) is 116 Å². The quantitative estimate of drug-likeness (QED) is 0.119. The second-order valence-corrected chi connectivity index (χ2v) is 12.2. The molecular weight excluding hydrogens is 530 g/mol. The molecule has 0 atom stereocenters. The number of methoxy groups -OCH3 is 1. The van der Waals surface area contributed by atoms with Crippen molar-refractivity contribution >= 4 is 29.8 Å². The van der Waals surface area contributed by atoms with E-state index in [1.54, 1.807) is 20.8 Å². The third-order valence-corrected chi connectivity index (χ3v) is 6.97. The lowest BCUT2D eigenvalue weighted by atomic mass is 9.90. The Kier molecular flexibility index (Phi) is 23.0. The van der Waals surface area contributed by atoms with Gasteiger partial charge in [-0.1, -0.05) is 48.1 Å². The predicted molar refractivity (Wildman–Crippen MR) is 162 cm³/mol. The van der Waals surface area contributed by atoms with Crippen LogP contribution in [0.5, 0.6) is 0 Å². The van der Waals surface area contributed by atoms with E-state index in [2.05, 4.69) is 11.3 Å². The van der Waals surface area contributed by atoms with Crippen molar-refractivity contribution in [1.29, 1.82) is 0 Å². The molecule has 0 aliphatic carbocycles. The van der Waals surface area contributed by atoms with E-state index in [1.165, 1.54) is 7.11 Å². The lowest BCUT2D eigenvalue weighted by Gasteiger charge is -2.20. The molecule has 0 aromatic carbocycles. The summed E-state index contributed by atoms with van der Waals surface area (Å²) in [4.78, 5) is 54.0. The van der Waals surface area contributed by atoms with Gasteiger partial charge in [-0.2, -0.15) is 0 Å². The number of hydrogen-bond acceptors (Lipinski definition) is 8. The SMILES string of the molecule is C=C(C)C(=O)OCCOC(=O)C(C)(C)CC.CCC(C)(C)C(=O)O.CCC(C)(C)C(=O)OC.CCC(C)(C)C(N)=O. The molecule has 0 unspecified atom stereocenters. The van der Waals surface area contributed by atoms with Crippen LogP contribution in [0, 0.1) is 21.7 Å². The highest BCUT2D eigenvalue weighted by Gasteiger charge is 2.27. The Balaban J connectivity index is -0.000000236. The van der Waals surface area contributed by atoms with Gasteiger partial charge in [0.15, 0.2) is 0 Å². The number of rotatable bonds is 12. The van der Waals surface area contributed by atoms with E-state index < -0.39 is 22.8 Å². The maximum atomic E-state index is 11.5. The molecule has 0 aliphatic heterocycles. The standard InChI is InChI=1S/C12H20O4.C7H14O2.C6H13NO.C6H12O2/c1-6-12(4,5)11(14)16-8-7-15-10(13)9(2)3;1-5-7(2,3)6(8)9-4;2*1-4-6(2,3)5(7)8/h2,6-8H2,1,3-5H3;5H2,1-4H3;4H2,1-3H3,(H2,7,8);4H2,1-3H3,(H,7,8). The molecule has 0 heterocycles. The second-order valence-electron chi connectivity index (χ2n) is 12.2. The third-order valence-electron chi connectivity index (χ3n) is 6.97. The van der Waals surface area contributed by atoms with Crippen LogP contribution in [0.15, 0.2) is 12.2 Å². The van der Waals surface area contributed by atoms with Crippen molar-refractivity contribution in [2.45, 2.75) is 116 Å². The van der Waals surface area contributed by atoms with Crippen LogP contribution in [0.2, 0.25) is 0 Å². The number of esters is 3. The van der Waals surface area contributed by atoms with E-state index in [-0.39, 0.29) is 41.9 Å². The molecule has 41 heavy (non-hydrogen) atoms. The van der Waals surface area contributed by atoms with Gasteiger partial charge in [-0.15, -0.1) is 0 Å². The Morgan fingerprint density at radius 1 is 0.659 bits per heavy atom. The van der Waals surface area contributed by atoms with Crippen LogP contribution < -0.4 is 5.73 Å². The second kappa shape index (κ2) is 20.9. The summed E-state index contributed by atoms with van der Waals surface area (Å²) >= 11 is 0. The predicted octanol–water partition coefficient (Wildman–Crippen LogP) is 6.10. The first-order valence-electron chi connectivity index (χ1n) is 14.0. The number of aliphatic carboxylic acids is 1. The average molecular weight is 590 g/mol. The molecule has 0 rings (SSSR count). The van der Waals surface area contributed by atoms with Crippen LogP contribution >= 0.6 is 0 Å². The molecule has 0 aliphatic rings. The molecule has 0 aromatic rings. The van der Waals surface area contributed by atoms with Gasteiger partial charge in [-0.05, 0) is 74.1 Å². The monoisotopic (exact) mass is 589 g/mol. The molecule has 0 bridgehead atoms. The molecule has 10 heteroatoms. The first-order chi connectivity index (χ1) is 18.4. The van der Waals surface area contributed by atoms with Crippen molar-refractivity contribution in [2.75, 3.05) is 20.3 Å². The molecule has 10 nitrogen and oxygen atoms in total. The van der Waals surface area contributed by atoms with E-state index in [4.69, 9.17) is 20.3 Å². The smallest absolute Gasteiger partial charge is 0.333 e. The maximum absolute atomic E-state index is 11.5. The number of amides is 1. The van der Waals surface area contributed by atoms with E-state index in [0.717, 1.165) is 12.8 Å². The summed E-state index contributed by atoms with van der Waals surface area (Å²) in [5.41, 5.74) is 3.72. The minimum absolute atomic E-state index is 0.0667. The minimum Gasteiger partial charge on any atom is -0.481 e. The Hall–Kier alpha value is -2.91. The molecule has 0 fully saturated rings. The van der Waals surface area contributed by atoms with Gasteiger partial charge in [-0.3, -0.25) is 19.2 Å². The summed E-state index contributed by atoms with van der Waals surface area (Å²) in [5, 5.41) is 8.44. The molecular formula is C31H59NO9. The van der Waals surface area contributed by atoms with Gasteiger partial charge in [0.2, 0.25) is 5.91 Å². The Morgan fingerprint density at radius 3 is 1.20 bits per heavy atom. The fourth-order valence-corrected chi connectivity index (χ4v) is 1.48. The lowest BCUT2D eigenvalue weighted by Crippen LogP contribution is -2.30. The van der Waals surface area contributed by atoms with Gasteiger partial charge in [0.05, 0.1) is 23.4 Å². The fourth-order valence-electron chi connectivity index (χ4n) is 1.48. The number of hydrogen-bond donors (Lipinski definition) is 2. The topological polar surface area (TPSA) is 159 Å². The van der Waals surface area contributed by atoms with Crippen LogP contribution in [-0.4, -0.2) is 55.2 Å². The Morgan fingerprint density at radius 2 is 1.00 bits per heavy atom. The largest absolute Gasteiger partial charge is 0.481 e. The average Bonchev–Trinajstić information content (AvgIpc) is 2.90. The number of carbonyl (C=O) groups excluding carboxylic acids is 4. The highest BCUT2D eigenvalue weighted by atomic mass is 16.6. The summed E-state index contributed by atoms with van der Waals surface area (Å²) in [6.45, 7) is 27.4. The zero-order valence-electron chi connectivity index (χ0n) is 28.2. The van der Waals surface area contributed by atoms with Gasteiger partial charge in [-0.25, -0.2) is 4.79 Å².